The molecule has 0 saturated heterocycles. The van der Waals surface area contributed by atoms with Crippen molar-refractivity contribution in [2.75, 3.05) is 19.5 Å². The number of nitrogens with one attached hydrogen (secondary N) is 1. The molecule has 1 aromatic heterocycles. The van der Waals surface area contributed by atoms with Crippen LogP contribution in [0.2, 0.25) is 0 Å². The van der Waals surface area contributed by atoms with E-state index in [1.165, 1.54) is 0 Å². The lowest BCUT2D eigenvalue weighted by Gasteiger charge is -2.22. The second-order valence-electron chi connectivity index (χ2n) is 4.20. The van der Waals surface area contributed by atoms with Gasteiger partial charge in [0, 0.05) is 19.7 Å². The Morgan fingerprint density at radius 2 is 2.25 bits per heavy atom. The molecular weight excluding hydrogens is 208 g/mol. The third kappa shape index (κ3) is 3.58. The Bertz CT molecular complexity index is 358. The molecule has 5 nitrogen and oxygen atoms in total. The van der Waals surface area contributed by atoms with Crippen LogP contribution in [0.5, 0.6) is 0 Å². The summed E-state index contributed by atoms with van der Waals surface area (Å²) in [5.41, 5.74) is 6.08. The fourth-order valence-corrected chi connectivity index (χ4v) is 1.10. The maximum atomic E-state index is 11.5. The average molecular weight is 226 g/mol. The molecule has 0 saturated carbocycles. The molecule has 1 rings (SSSR count). The molecule has 0 aromatic carbocycles. The van der Waals surface area contributed by atoms with E-state index in [-0.39, 0.29) is 5.60 Å². The van der Waals surface area contributed by atoms with Crippen molar-refractivity contribution >= 4 is 11.7 Å². The van der Waals surface area contributed by atoms with Gasteiger partial charge in [0.25, 0.3) is 0 Å². The van der Waals surface area contributed by atoms with Crippen LogP contribution in [0.3, 0.4) is 0 Å². The number of carbonyl (C=O) groups excluding carboxylic acids is 1. The van der Waals surface area contributed by atoms with Gasteiger partial charge >= 0.3 is 5.97 Å². The topological polar surface area (TPSA) is 77.3 Å². The summed E-state index contributed by atoms with van der Waals surface area (Å²) in [6, 6.07) is 1.55. The Morgan fingerprint density at radius 3 is 2.75 bits per heavy atom. The number of H-pyrrole nitrogens is 1. The largest absolute Gasteiger partial charge is 0.461 e. The number of anilines is 1. The maximum Gasteiger partial charge on any atom is 0.354 e. The SMILES string of the molecule is COC(C)(C)CCOC(=O)c1cc(N)c[nH]1. The van der Waals surface area contributed by atoms with Crippen LogP contribution < -0.4 is 5.73 Å². The number of rotatable bonds is 5. The fourth-order valence-electron chi connectivity index (χ4n) is 1.10. The van der Waals surface area contributed by atoms with E-state index >= 15 is 0 Å². The van der Waals surface area contributed by atoms with Crippen molar-refractivity contribution in [1.29, 1.82) is 0 Å². The van der Waals surface area contributed by atoms with E-state index in [0.717, 1.165) is 0 Å². The van der Waals surface area contributed by atoms with Crippen LogP contribution >= 0.6 is 0 Å². The number of methoxy groups -OCH3 is 1. The minimum Gasteiger partial charge on any atom is -0.461 e. The summed E-state index contributed by atoms with van der Waals surface area (Å²) in [4.78, 5) is 14.2. The lowest BCUT2D eigenvalue weighted by molar-refractivity contribution is -0.00578. The lowest BCUT2D eigenvalue weighted by atomic mass is 10.1. The average Bonchev–Trinajstić information content (AvgIpc) is 2.64. The Kier molecular flexibility index (Phi) is 3.95. The summed E-state index contributed by atoms with van der Waals surface area (Å²) in [6.45, 7) is 4.19. The lowest BCUT2D eigenvalue weighted by Crippen LogP contribution is -2.25. The predicted octanol–water partition coefficient (Wildman–Crippen LogP) is 1.57. The number of ether oxygens (including phenoxy) is 2. The zero-order chi connectivity index (χ0) is 12.2. The first-order chi connectivity index (χ1) is 7.44. The molecule has 0 spiro atoms. The summed E-state index contributed by atoms with van der Waals surface area (Å²) in [6.07, 6.45) is 2.20. The molecule has 3 N–H and O–H groups in total. The van der Waals surface area contributed by atoms with Crippen molar-refractivity contribution in [2.45, 2.75) is 25.9 Å². The van der Waals surface area contributed by atoms with Crippen molar-refractivity contribution in [1.82, 2.24) is 4.98 Å². The van der Waals surface area contributed by atoms with Gasteiger partial charge in [-0.2, -0.15) is 0 Å². The highest BCUT2D eigenvalue weighted by Crippen LogP contribution is 2.13. The molecule has 16 heavy (non-hydrogen) atoms. The number of hydrogen-bond donors (Lipinski definition) is 2. The van der Waals surface area contributed by atoms with Gasteiger partial charge in [0.1, 0.15) is 5.69 Å². The highest BCUT2D eigenvalue weighted by atomic mass is 16.5. The quantitative estimate of drug-likeness (QED) is 0.747. The first-order valence-corrected chi connectivity index (χ1v) is 5.11. The molecule has 0 aliphatic heterocycles. The number of nitrogen functional groups attached to an aromatic ring is 1. The van der Waals surface area contributed by atoms with Crippen molar-refractivity contribution < 1.29 is 14.3 Å². The minimum absolute atomic E-state index is 0.283. The summed E-state index contributed by atoms with van der Waals surface area (Å²) < 4.78 is 10.3. The van der Waals surface area contributed by atoms with Gasteiger partial charge in [0.05, 0.1) is 17.9 Å². The molecule has 0 bridgehead atoms. The van der Waals surface area contributed by atoms with Gasteiger partial charge in [-0.1, -0.05) is 0 Å². The predicted molar refractivity (Wildman–Crippen MR) is 61.2 cm³/mol. The zero-order valence-corrected chi connectivity index (χ0v) is 9.87. The minimum atomic E-state index is -0.399. The number of aromatic amines is 1. The van der Waals surface area contributed by atoms with E-state index in [9.17, 15) is 4.79 Å². The first kappa shape index (κ1) is 12.6. The highest BCUT2D eigenvalue weighted by Gasteiger charge is 2.17. The fraction of sp³-hybridized carbons (Fsp3) is 0.545. The van der Waals surface area contributed by atoms with Crippen LogP contribution in [0, 0.1) is 0 Å². The van der Waals surface area contributed by atoms with E-state index in [2.05, 4.69) is 4.98 Å². The molecule has 0 aliphatic rings. The van der Waals surface area contributed by atoms with Crippen molar-refractivity contribution in [3.05, 3.63) is 18.0 Å². The van der Waals surface area contributed by atoms with Gasteiger partial charge in [-0.25, -0.2) is 4.79 Å². The van der Waals surface area contributed by atoms with Gasteiger partial charge in [0.2, 0.25) is 0 Å². The summed E-state index contributed by atoms with van der Waals surface area (Å²) >= 11 is 0. The monoisotopic (exact) mass is 226 g/mol. The molecule has 0 fully saturated rings. The maximum absolute atomic E-state index is 11.5. The summed E-state index contributed by atoms with van der Waals surface area (Å²) in [7, 11) is 1.63. The third-order valence-corrected chi connectivity index (χ3v) is 2.42. The van der Waals surface area contributed by atoms with Gasteiger partial charge in [0.15, 0.2) is 0 Å². The number of aromatic nitrogens is 1. The first-order valence-electron chi connectivity index (χ1n) is 5.11. The van der Waals surface area contributed by atoms with Crippen LogP contribution in [0.1, 0.15) is 30.8 Å². The van der Waals surface area contributed by atoms with Crippen LogP contribution in [0.15, 0.2) is 12.3 Å². The summed E-state index contributed by atoms with van der Waals surface area (Å²) in [5.74, 6) is -0.399. The van der Waals surface area contributed by atoms with Crippen LogP contribution in [0.4, 0.5) is 5.69 Å². The molecule has 0 radical (unpaired) electrons. The standard InChI is InChI=1S/C11H18N2O3/c1-11(2,15-3)4-5-16-10(14)9-6-8(12)7-13-9/h6-7,13H,4-5,12H2,1-3H3. The van der Waals surface area contributed by atoms with E-state index in [4.69, 9.17) is 15.2 Å². The second-order valence-corrected chi connectivity index (χ2v) is 4.20. The van der Waals surface area contributed by atoms with E-state index < -0.39 is 5.97 Å². The Balaban J connectivity index is 2.37. The van der Waals surface area contributed by atoms with Gasteiger partial charge in [-0.15, -0.1) is 0 Å². The molecular formula is C11H18N2O3. The molecule has 1 aromatic rings. The van der Waals surface area contributed by atoms with Gasteiger partial charge in [-0.05, 0) is 19.9 Å². The van der Waals surface area contributed by atoms with Crippen molar-refractivity contribution in [3.8, 4) is 0 Å². The normalized spacial score (nSPS) is 11.4. The zero-order valence-electron chi connectivity index (χ0n) is 9.87. The Morgan fingerprint density at radius 1 is 1.56 bits per heavy atom. The molecule has 0 aliphatic carbocycles. The Labute approximate surface area is 94.9 Å². The highest BCUT2D eigenvalue weighted by molar-refractivity contribution is 5.88. The number of esters is 1. The molecule has 90 valence electrons. The van der Waals surface area contributed by atoms with Crippen molar-refractivity contribution in [3.63, 3.8) is 0 Å². The molecule has 0 amide bonds. The number of hydrogen-bond acceptors (Lipinski definition) is 4. The van der Waals surface area contributed by atoms with E-state index in [1.54, 1.807) is 19.4 Å². The summed E-state index contributed by atoms with van der Waals surface area (Å²) in [5, 5.41) is 0. The van der Waals surface area contributed by atoms with Gasteiger partial charge in [-0.3, -0.25) is 0 Å². The molecule has 0 atom stereocenters. The number of nitrogens with two attached hydrogens (primary N) is 1. The van der Waals surface area contributed by atoms with E-state index in [0.29, 0.717) is 24.4 Å². The second kappa shape index (κ2) is 5.03. The van der Waals surface area contributed by atoms with Crippen LogP contribution in [-0.4, -0.2) is 30.3 Å². The smallest absolute Gasteiger partial charge is 0.354 e. The van der Waals surface area contributed by atoms with E-state index in [1.807, 2.05) is 13.8 Å². The van der Waals surface area contributed by atoms with Crippen LogP contribution in [-0.2, 0) is 9.47 Å². The van der Waals surface area contributed by atoms with Crippen LogP contribution in [0.25, 0.3) is 0 Å². The number of carbonyl (C=O) groups is 1. The Hall–Kier alpha value is -1.49. The van der Waals surface area contributed by atoms with Gasteiger partial charge < -0.3 is 20.2 Å². The molecule has 5 heteroatoms. The third-order valence-electron chi connectivity index (χ3n) is 2.42. The molecule has 0 unspecified atom stereocenters. The van der Waals surface area contributed by atoms with Crippen molar-refractivity contribution in [2.24, 2.45) is 0 Å². The molecule has 1 heterocycles.